The van der Waals surface area contributed by atoms with Gasteiger partial charge in [0.05, 0.1) is 24.9 Å². The van der Waals surface area contributed by atoms with E-state index < -0.39 is 5.97 Å². The Bertz CT molecular complexity index is 1130. The summed E-state index contributed by atoms with van der Waals surface area (Å²) in [6.45, 7) is 0. The van der Waals surface area contributed by atoms with Gasteiger partial charge in [0.1, 0.15) is 11.6 Å². The van der Waals surface area contributed by atoms with Crippen LogP contribution in [0.25, 0.3) is 27.5 Å². The third kappa shape index (κ3) is 3.29. The molecule has 0 unspecified atom stereocenters. The molecule has 0 fully saturated rings. The van der Waals surface area contributed by atoms with Crippen molar-refractivity contribution in [2.45, 2.75) is 6.42 Å². The van der Waals surface area contributed by atoms with Crippen LogP contribution >= 0.6 is 11.3 Å². The van der Waals surface area contributed by atoms with E-state index >= 15 is 0 Å². The molecular formula is C20H15FN2O3S. The van der Waals surface area contributed by atoms with E-state index in [2.05, 4.69) is 4.98 Å². The lowest BCUT2D eigenvalue weighted by atomic mass is 10.1. The number of hydrogen-bond donors (Lipinski definition) is 1. The maximum Gasteiger partial charge on any atom is 0.308 e. The van der Waals surface area contributed by atoms with E-state index in [0.29, 0.717) is 9.84 Å². The largest absolute Gasteiger partial charge is 0.497 e. The van der Waals surface area contributed by atoms with Crippen molar-refractivity contribution < 1.29 is 19.0 Å². The summed E-state index contributed by atoms with van der Waals surface area (Å²) in [6.07, 6.45) is 1.75. The minimum Gasteiger partial charge on any atom is -0.497 e. The number of ether oxygens (including phenoxy) is 1. The summed E-state index contributed by atoms with van der Waals surface area (Å²) in [5.41, 5.74) is 3.12. The molecule has 2 aromatic carbocycles. The Hall–Kier alpha value is -3.19. The number of benzene rings is 2. The van der Waals surface area contributed by atoms with Gasteiger partial charge < -0.3 is 9.84 Å². The van der Waals surface area contributed by atoms with Crippen molar-refractivity contribution in [2.24, 2.45) is 0 Å². The van der Waals surface area contributed by atoms with Gasteiger partial charge in [0, 0.05) is 16.6 Å². The quantitative estimate of drug-likeness (QED) is 0.552. The van der Waals surface area contributed by atoms with E-state index in [4.69, 9.17) is 4.74 Å². The van der Waals surface area contributed by atoms with Gasteiger partial charge in [0.25, 0.3) is 0 Å². The van der Waals surface area contributed by atoms with Gasteiger partial charge in [-0.1, -0.05) is 12.1 Å². The number of fused-ring (bicyclic) bond motifs is 1. The second-order valence-corrected chi connectivity index (χ2v) is 7.02. The Morgan fingerprint density at radius 2 is 2.00 bits per heavy atom. The van der Waals surface area contributed by atoms with Gasteiger partial charge in [-0.3, -0.25) is 9.20 Å². The fourth-order valence-electron chi connectivity index (χ4n) is 2.97. The molecule has 2 heterocycles. The van der Waals surface area contributed by atoms with Crippen LogP contribution in [0.2, 0.25) is 0 Å². The van der Waals surface area contributed by atoms with E-state index in [9.17, 15) is 14.3 Å². The molecule has 2 aromatic heterocycles. The van der Waals surface area contributed by atoms with Crippen LogP contribution in [0.1, 0.15) is 4.88 Å². The van der Waals surface area contributed by atoms with Gasteiger partial charge in [0.15, 0.2) is 4.96 Å². The minimum absolute atomic E-state index is 0.116. The third-order valence-corrected chi connectivity index (χ3v) is 5.24. The number of aliphatic carboxylic acids is 1. The Labute approximate surface area is 158 Å². The maximum atomic E-state index is 13.3. The van der Waals surface area contributed by atoms with Crippen LogP contribution in [0, 0.1) is 5.82 Å². The van der Waals surface area contributed by atoms with Gasteiger partial charge in [-0.05, 0) is 42.0 Å². The van der Waals surface area contributed by atoms with Crippen LogP contribution in [0.3, 0.4) is 0 Å². The molecular weight excluding hydrogens is 367 g/mol. The van der Waals surface area contributed by atoms with E-state index in [0.717, 1.165) is 28.3 Å². The topological polar surface area (TPSA) is 63.8 Å². The standard InChI is InChI=1S/C20H15FN2O3S/c1-26-15-4-2-3-13(9-15)16-11-23-19(12-5-7-14(21)8-6-12)17(10-18(24)25)27-20(23)22-16/h2-9,11H,10H2,1H3,(H,24,25). The van der Waals surface area contributed by atoms with E-state index in [1.165, 1.54) is 23.5 Å². The van der Waals surface area contributed by atoms with Crippen molar-refractivity contribution in [2.75, 3.05) is 7.11 Å². The van der Waals surface area contributed by atoms with Gasteiger partial charge in [-0.15, -0.1) is 11.3 Å². The summed E-state index contributed by atoms with van der Waals surface area (Å²) in [5, 5.41) is 9.24. The highest BCUT2D eigenvalue weighted by atomic mass is 32.1. The minimum atomic E-state index is -0.920. The SMILES string of the molecule is COc1cccc(-c2cn3c(-c4ccc(F)cc4)c(CC(=O)O)sc3n2)c1. The van der Waals surface area contributed by atoms with Crippen LogP contribution in [0.15, 0.2) is 54.7 Å². The Balaban J connectivity index is 1.88. The lowest BCUT2D eigenvalue weighted by Gasteiger charge is -2.04. The van der Waals surface area contributed by atoms with Crippen molar-refractivity contribution in [3.8, 4) is 28.3 Å². The van der Waals surface area contributed by atoms with Crippen LogP contribution in [0.4, 0.5) is 4.39 Å². The van der Waals surface area contributed by atoms with Crippen molar-refractivity contribution in [3.05, 3.63) is 65.4 Å². The molecule has 0 saturated carbocycles. The lowest BCUT2D eigenvalue weighted by Crippen LogP contribution is -2.00. The molecule has 136 valence electrons. The maximum absolute atomic E-state index is 13.3. The smallest absolute Gasteiger partial charge is 0.308 e. The average Bonchev–Trinajstić information content (AvgIpc) is 3.20. The van der Waals surface area contributed by atoms with Crippen LogP contribution in [-0.2, 0) is 11.2 Å². The molecule has 27 heavy (non-hydrogen) atoms. The normalized spacial score (nSPS) is 11.0. The highest BCUT2D eigenvalue weighted by Gasteiger charge is 2.19. The van der Waals surface area contributed by atoms with Crippen molar-refractivity contribution in [1.29, 1.82) is 0 Å². The second-order valence-electron chi connectivity index (χ2n) is 5.96. The summed E-state index contributed by atoms with van der Waals surface area (Å²) in [6, 6.07) is 13.6. The predicted octanol–water partition coefficient (Wildman–Crippen LogP) is 4.50. The van der Waals surface area contributed by atoms with Gasteiger partial charge in [0.2, 0.25) is 0 Å². The molecule has 5 nitrogen and oxygen atoms in total. The number of methoxy groups -OCH3 is 1. The first-order valence-electron chi connectivity index (χ1n) is 8.18. The highest BCUT2D eigenvalue weighted by molar-refractivity contribution is 7.17. The number of carboxylic acid groups (broad SMARTS) is 1. The molecule has 0 amide bonds. The zero-order valence-corrected chi connectivity index (χ0v) is 15.2. The first-order chi connectivity index (χ1) is 13.0. The highest BCUT2D eigenvalue weighted by Crippen LogP contribution is 2.35. The first-order valence-corrected chi connectivity index (χ1v) is 8.99. The second kappa shape index (κ2) is 6.85. The van der Waals surface area contributed by atoms with Crippen molar-refractivity contribution >= 4 is 22.3 Å². The number of nitrogens with zero attached hydrogens (tertiary/aromatic N) is 2. The monoisotopic (exact) mass is 382 g/mol. The summed E-state index contributed by atoms with van der Waals surface area (Å²) in [7, 11) is 1.61. The van der Waals surface area contributed by atoms with E-state index in [1.54, 1.807) is 19.2 Å². The summed E-state index contributed by atoms with van der Waals surface area (Å²) in [5.74, 6) is -0.530. The van der Waals surface area contributed by atoms with Crippen molar-refractivity contribution in [1.82, 2.24) is 9.38 Å². The molecule has 0 radical (unpaired) electrons. The Morgan fingerprint density at radius 3 is 2.70 bits per heavy atom. The molecule has 0 aliphatic rings. The number of rotatable bonds is 5. The zero-order chi connectivity index (χ0) is 19.0. The molecule has 0 bridgehead atoms. The van der Waals surface area contributed by atoms with Gasteiger partial charge in [-0.2, -0.15) is 0 Å². The number of imidazole rings is 1. The van der Waals surface area contributed by atoms with Crippen LogP contribution in [0.5, 0.6) is 5.75 Å². The summed E-state index contributed by atoms with van der Waals surface area (Å²) >= 11 is 1.32. The molecule has 1 N–H and O–H groups in total. The number of aromatic nitrogens is 2. The summed E-state index contributed by atoms with van der Waals surface area (Å²) < 4.78 is 20.5. The molecule has 0 saturated heterocycles. The van der Waals surface area contributed by atoms with Gasteiger partial charge in [-0.25, -0.2) is 9.37 Å². The molecule has 4 rings (SSSR count). The molecule has 4 aromatic rings. The van der Waals surface area contributed by atoms with Crippen LogP contribution in [-0.4, -0.2) is 27.6 Å². The van der Waals surface area contributed by atoms with E-state index in [-0.39, 0.29) is 12.2 Å². The number of carboxylic acids is 1. The zero-order valence-electron chi connectivity index (χ0n) is 14.3. The molecule has 7 heteroatoms. The fraction of sp³-hybridized carbons (Fsp3) is 0.100. The third-order valence-electron chi connectivity index (χ3n) is 4.19. The first kappa shape index (κ1) is 17.2. The number of hydrogen-bond acceptors (Lipinski definition) is 4. The fourth-order valence-corrected chi connectivity index (χ4v) is 4.09. The number of halogens is 1. The molecule has 0 atom stereocenters. The van der Waals surface area contributed by atoms with Crippen molar-refractivity contribution in [3.63, 3.8) is 0 Å². The lowest BCUT2D eigenvalue weighted by molar-refractivity contribution is -0.136. The Kier molecular flexibility index (Phi) is 4.37. The predicted molar refractivity (Wildman–Crippen MR) is 102 cm³/mol. The number of thiazole rings is 1. The number of carbonyl (C=O) groups is 1. The molecule has 0 aliphatic heterocycles. The Morgan fingerprint density at radius 1 is 1.22 bits per heavy atom. The van der Waals surface area contributed by atoms with Gasteiger partial charge >= 0.3 is 5.97 Å². The molecule has 0 aliphatic carbocycles. The van der Waals surface area contributed by atoms with E-state index in [1.807, 2.05) is 34.9 Å². The average molecular weight is 382 g/mol. The van der Waals surface area contributed by atoms with Crippen LogP contribution < -0.4 is 4.74 Å². The molecule has 0 spiro atoms. The summed E-state index contributed by atoms with van der Waals surface area (Å²) in [4.78, 5) is 17.3.